The molecule has 1 N–H and O–H groups in total. The lowest BCUT2D eigenvalue weighted by Gasteiger charge is -2.18. The molecule has 0 fully saturated rings. The Morgan fingerprint density at radius 1 is 1.07 bits per heavy atom. The van der Waals surface area contributed by atoms with Gasteiger partial charge in [-0.15, -0.1) is 0 Å². The van der Waals surface area contributed by atoms with E-state index in [-0.39, 0.29) is 0 Å². The zero-order chi connectivity index (χ0) is 10.9. The number of rotatable bonds is 7. The van der Waals surface area contributed by atoms with Gasteiger partial charge in [0.25, 0.3) is 0 Å². The molecule has 1 rings (SSSR count). The Kier molecular flexibility index (Phi) is 6.10. The molecule has 0 unspecified atom stereocenters. The Balaban J connectivity index is 2.55. The van der Waals surface area contributed by atoms with Crippen LogP contribution in [0.3, 0.4) is 0 Å². The highest BCUT2D eigenvalue weighted by molar-refractivity contribution is 5.18. The van der Waals surface area contributed by atoms with Gasteiger partial charge in [-0.05, 0) is 24.9 Å². The van der Waals surface area contributed by atoms with E-state index >= 15 is 0 Å². The first kappa shape index (κ1) is 12.3. The molecule has 0 radical (unpaired) electrons. The average molecular weight is 205 g/mol. The SMILES string of the molecule is CCCC[C@H](NCCC)c1ccccc1. The molecule has 0 saturated heterocycles. The standard InChI is InChI=1S/C14H23N/c1-3-5-11-14(15-12-4-2)13-9-7-6-8-10-13/h6-10,14-15H,3-5,11-12H2,1-2H3/t14-/m0/s1. The van der Waals surface area contributed by atoms with Crippen LogP contribution >= 0.6 is 0 Å². The summed E-state index contributed by atoms with van der Waals surface area (Å²) in [6.07, 6.45) is 5.03. The van der Waals surface area contributed by atoms with Gasteiger partial charge >= 0.3 is 0 Å². The van der Waals surface area contributed by atoms with Gasteiger partial charge in [0.1, 0.15) is 0 Å². The smallest absolute Gasteiger partial charge is 0.0320 e. The quantitative estimate of drug-likeness (QED) is 0.711. The van der Waals surface area contributed by atoms with E-state index in [1.165, 1.54) is 31.2 Å². The minimum atomic E-state index is 0.547. The van der Waals surface area contributed by atoms with Crippen molar-refractivity contribution in [3.63, 3.8) is 0 Å². The molecular weight excluding hydrogens is 182 g/mol. The zero-order valence-electron chi connectivity index (χ0n) is 10.00. The second-order valence-corrected chi connectivity index (χ2v) is 4.06. The Morgan fingerprint density at radius 3 is 2.40 bits per heavy atom. The Labute approximate surface area is 93.9 Å². The van der Waals surface area contributed by atoms with Crippen LogP contribution in [0.15, 0.2) is 30.3 Å². The molecule has 0 aliphatic rings. The van der Waals surface area contributed by atoms with E-state index in [9.17, 15) is 0 Å². The maximum Gasteiger partial charge on any atom is 0.0320 e. The molecule has 84 valence electrons. The molecule has 1 aromatic carbocycles. The first-order chi connectivity index (χ1) is 7.38. The van der Waals surface area contributed by atoms with Crippen molar-refractivity contribution in [2.75, 3.05) is 6.54 Å². The molecule has 0 amide bonds. The molecule has 0 saturated carbocycles. The third-order valence-electron chi connectivity index (χ3n) is 2.69. The van der Waals surface area contributed by atoms with Crippen molar-refractivity contribution in [1.29, 1.82) is 0 Å². The van der Waals surface area contributed by atoms with Gasteiger partial charge in [-0.25, -0.2) is 0 Å². The number of hydrogen-bond donors (Lipinski definition) is 1. The van der Waals surface area contributed by atoms with E-state index in [4.69, 9.17) is 0 Å². The monoisotopic (exact) mass is 205 g/mol. The summed E-state index contributed by atoms with van der Waals surface area (Å²) >= 11 is 0. The fourth-order valence-electron chi connectivity index (χ4n) is 1.80. The predicted octanol–water partition coefficient (Wildman–Crippen LogP) is 3.92. The van der Waals surface area contributed by atoms with E-state index in [0.29, 0.717) is 6.04 Å². The Bertz CT molecular complexity index is 235. The van der Waals surface area contributed by atoms with Gasteiger partial charge in [-0.1, -0.05) is 57.0 Å². The van der Waals surface area contributed by atoms with Gasteiger partial charge in [-0.2, -0.15) is 0 Å². The average Bonchev–Trinajstić information content (AvgIpc) is 2.30. The van der Waals surface area contributed by atoms with Gasteiger partial charge in [0, 0.05) is 6.04 Å². The Hall–Kier alpha value is -0.820. The molecule has 1 aromatic rings. The lowest BCUT2D eigenvalue weighted by atomic mass is 10.0. The molecule has 1 heteroatoms. The molecule has 0 aromatic heterocycles. The van der Waals surface area contributed by atoms with Gasteiger partial charge in [0.2, 0.25) is 0 Å². The van der Waals surface area contributed by atoms with E-state index in [1.807, 2.05) is 0 Å². The van der Waals surface area contributed by atoms with Crippen LogP contribution in [-0.4, -0.2) is 6.54 Å². The van der Waals surface area contributed by atoms with Crippen LogP contribution in [0.4, 0.5) is 0 Å². The molecule has 1 nitrogen and oxygen atoms in total. The lowest BCUT2D eigenvalue weighted by Crippen LogP contribution is -2.22. The normalized spacial score (nSPS) is 12.7. The van der Waals surface area contributed by atoms with Crippen molar-refractivity contribution in [2.24, 2.45) is 0 Å². The van der Waals surface area contributed by atoms with Crippen LogP contribution < -0.4 is 5.32 Å². The maximum atomic E-state index is 3.62. The number of benzene rings is 1. The summed E-state index contributed by atoms with van der Waals surface area (Å²) in [5.74, 6) is 0. The first-order valence-corrected chi connectivity index (χ1v) is 6.16. The van der Waals surface area contributed by atoms with Crippen LogP contribution in [0, 0.1) is 0 Å². The van der Waals surface area contributed by atoms with E-state index in [1.54, 1.807) is 0 Å². The van der Waals surface area contributed by atoms with E-state index in [2.05, 4.69) is 49.5 Å². The highest BCUT2D eigenvalue weighted by atomic mass is 14.9. The van der Waals surface area contributed by atoms with Crippen LogP contribution in [0.2, 0.25) is 0 Å². The summed E-state index contributed by atoms with van der Waals surface area (Å²) < 4.78 is 0. The van der Waals surface area contributed by atoms with Crippen molar-refractivity contribution >= 4 is 0 Å². The summed E-state index contributed by atoms with van der Waals surface area (Å²) in [7, 11) is 0. The third-order valence-corrected chi connectivity index (χ3v) is 2.69. The molecule has 1 atom stereocenters. The molecule has 0 aliphatic heterocycles. The van der Waals surface area contributed by atoms with Gasteiger partial charge < -0.3 is 5.32 Å². The van der Waals surface area contributed by atoms with E-state index in [0.717, 1.165) is 6.54 Å². The number of nitrogens with one attached hydrogen (secondary N) is 1. The topological polar surface area (TPSA) is 12.0 Å². The highest BCUT2D eigenvalue weighted by Crippen LogP contribution is 2.18. The zero-order valence-corrected chi connectivity index (χ0v) is 10.00. The minimum absolute atomic E-state index is 0.547. The van der Waals surface area contributed by atoms with Gasteiger partial charge in [-0.3, -0.25) is 0 Å². The second-order valence-electron chi connectivity index (χ2n) is 4.06. The fourth-order valence-corrected chi connectivity index (χ4v) is 1.80. The van der Waals surface area contributed by atoms with Crippen molar-refractivity contribution in [3.8, 4) is 0 Å². The highest BCUT2D eigenvalue weighted by Gasteiger charge is 2.08. The summed E-state index contributed by atoms with van der Waals surface area (Å²) in [5, 5.41) is 3.62. The summed E-state index contributed by atoms with van der Waals surface area (Å²) in [6, 6.07) is 11.3. The second kappa shape index (κ2) is 7.47. The molecule has 15 heavy (non-hydrogen) atoms. The van der Waals surface area contributed by atoms with Crippen molar-refractivity contribution in [2.45, 2.75) is 45.6 Å². The molecule has 0 aliphatic carbocycles. The summed E-state index contributed by atoms with van der Waals surface area (Å²) in [5.41, 5.74) is 1.43. The van der Waals surface area contributed by atoms with Crippen LogP contribution in [0.5, 0.6) is 0 Å². The molecule has 0 spiro atoms. The van der Waals surface area contributed by atoms with Gasteiger partial charge in [0.15, 0.2) is 0 Å². The van der Waals surface area contributed by atoms with Crippen molar-refractivity contribution in [3.05, 3.63) is 35.9 Å². The fraction of sp³-hybridized carbons (Fsp3) is 0.571. The maximum absolute atomic E-state index is 3.62. The first-order valence-electron chi connectivity index (χ1n) is 6.16. The van der Waals surface area contributed by atoms with E-state index < -0.39 is 0 Å². The Morgan fingerprint density at radius 2 is 1.80 bits per heavy atom. The minimum Gasteiger partial charge on any atom is -0.310 e. The number of unbranched alkanes of at least 4 members (excludes halogenated alkanes) is 1. The van der Waals surface area contributed by atoms with Gasteiger partial charge in [0.05, 0.1) is 0 Å². The summed E-state index contributed by atoms with van der Waals surface area (Å²) in [4.78, 5) is 0. The summed E-state index contributed by atoms with van der Waals surface area (Å²) in [6.45, 7) is 5.58. The molecular formula is C14H23N. The predicted molar refractivity (Wildman–Crippen MR) is 67.0 cm³/mol. The largest absolute Gasteiger partial charge is 0.310 e. The van der Waals surface area contributed by atoms with Crippen LogP contribution in [0.25, 0.3) is 0 Å². The molecule has 0 bridgehead atoms. The van der Waals surface area contributed by atoms with Crippen LogP contribution in [-0.2, 0) is 0 Å². The van der Waals surface area contributed by atoms with Crippen LogP contribution in [0.1, 0.15) is 51.1 Å². The van der Waals surface area contributed by atoms with Crippen molar-refractivity contribution in [1.82, 2.24) is 5.32 Å². The third kappa shape index (κ3) is 4.48. The lowest BCUT2D eigenvalue weighted by molar-refractivity contribution is 0.481. The molecule has 0 heterocycles. The van der Waals surface area contributed by atoms with Crippen molar-refractivity contribution < 1.29 is 0 Å². The number of hydrogen-bond acceptors (Lipinski definition) is 1.